The monoisotopic (exact) mass is 271 g/mol. The Morgan fingerprint density at radius 2 is 2.25 bits per heavy atom. The summed E-state index contributed by atoms with van der Waals surface area (Å²) in [6.07, 6.45) is 2.69. The molecule has 4 heteroatoms. The summed E-state index contributed by atoms with van der Waals surface area (Å²) in [7, 11) is 0. The Morgan fingerprint density at radius 1 is 1.45 bits per heavy atom. The van der Waals surface area contributed by atoms with Crippen molar-refractivity contribution in [3.8, 4) is 0 Å². The zero-order chi connectivity index (χ0) is 14.1. The first-order chi connectivity index (χ1) is 9.65. The summed E-state index contributed by atoms with van der Waals surface area (Å²) < 4.78 is 0. The van der Waals surface area contributed by atoms with E-state index in [1.807, 2.05) is 29.2 Å². The molecule has 4 nitrogen and oxygen atoms in total. The molecule has 1 amide bonds. The lowest BCUT2D eigenvalue weighted by atomic mass is 10.1. The van der Waals surface area contributed by atoms with Crippen molar-refractivity contribution >= 4 is 16.9 Å². The number of amides is 1. The molecular weight excluding hydrogens is 250 g/mol. The summed E-state index contributed by atoms with van der Waals surface area (Å²) in [5.41, 5.74) is 2.02. The van der Waals surface area contributed by atoms with Gasteiger partial charge < -0.3 is 9.88 Å². The maximum atomic E-state index is 12.3. The number of hydrogen-bond donors (Lipinski definition) is 1. The van der Waals surface area contributed by atoms with Gasteiger partial charge in [-0.1, -0.05) is 26.0 Å². The molecule has 0 spiro atoms. The van der Waals surface area contributed by atoms with E-state index in [1.54, 1.807) is 0 Å². The zero-order valence-corrected chi connectivity index (χ0v) is 12.1. The lowest BCUT2D eigenvalue weighted by Gasteiger charge is -2.24. The molecule has 1 atom stereocenters. The largest absolute Gasteiger partial charge is 0.340 e. The number of carbonyl (C=O) groups excluding carboxylic acids is 1. The standard InChI is InChI=1S/C16H21N3O/c1-11(2)10-15(20)19-9-5-8-14(19)16-17-12-6-3-4-7-13(12)18-16/h3-4,6-7,11,14H,5,8-10H2,1-2H3,(H,17,18). The van der Waals surface area contributed by atoms with Crippen LogP contribution in [0.3, 0.4) is 0 Å². The van der Waals surface area contributed by atoms with Crippen LogP contribution in [-0.2, 0) is 4.79 Å². The van der Waals surface area contributed by atoms with E-state index >= 15 is 0 Å². The molecule has 20 heavy (non-hydrogen) atoms. The topological polar surface area (TPSA) is 49.0 Å². The van der Waals surface area contributed by atoms with Crippen molar-refractivity contribution in [1.29, 1.82) is 0 Å². The highest BCUT2D eigenvalue weighted by atomic mass is 16.2. The van der Waals surface area contributed by atoms with Gasteiger partial charge in [-0.3, -0.25) is 4.79 Å². The number of imidazole rings is 1. The van der Waals surface area contributed by atoms with E-state index in [9.17, 15) is 4.79 Å². The van der Waals surface area contributed by atoms with Gasteiger partial charge in [0.2, 0.25) is 5.91 Å². The van der Waals surface area contributed by atoms with Gasteiger partial charge in [0.25, 0.3) is 0 Å². The SMILES string of the molecule is CC(C)CC(=O)N1CCCC1c1nc2ccccc2[nH]1. The number of H-pyrrole nitrogens is 1. The van der Waals surface area contributed by atoms with E-state index in [4.69, 9.17) is 0 Å². The van der Waals surface area contributed by atoms with E-state index in [-0.39, 0.29) is 11.9 Å². The van der Waals surface area contributed by atoms with Crippen molar-refractivity contribution in [2.75, 3.05) is 6.54 Å². The van der Waals surface area contributed by atoms with Gasteiger partial charge in [-0.15, -0.1) is 0 Å². The first-order valence-corrected chi connectivity index (χ1v) is 7.39. The van der Waals surface area contributed by atoms with E-state index < -0.39 is 0 Å². The number of likely N-dealkylation sites (tertiary alicyclic amines) is 1. The maximum Gasteiger partial charge on any atom is 0.223 e. The number of fused-ring (bicyclic) bond motifs is 1. The average Bonchev–Trinajstić information content (AvgIpc) is 3.04. The maximum absolute atomic E-state index is 12.3. The number of hydrogen-bond acceptors (Lipinski definition) is 2. The van der Waals surface area contributed by atoms with Crippen LogP contribution in [0.2, 0.25) is 0 Å². The highest BCUT2D eigenvalue weighted by Gasteiger charge is 2.31. The third kappa shape index (κ3) is 2.42. The molecule has 0 aliphatic carbocycles. The third-order valence-electron chi connectivity index (χ3n) is 3.88. The lowest BCUT2D eigenvalue weighted by molar-refractivity contribution is -0.133. The third-order valence-corrected chi connectivity index (χ3v) is 3.88. The minimum atomic E-state index is 0.119. The second-order valence-electron chi connectivity index (χ2n) is 5.98. The van der Waals surface area contributed by atoms with Crippen LogP contribution in [0.15, 0.2) is 24.3 Å². The van der Waals surface area contributed by atoms with Crippen LogP contribution in [0.25, 0.3) is 11.0 Å². The molecule has 2 aromatic rings. The molecule has 1 N–H and O–H groups in total. The molecule has 1 aromatic carbocycles. The van der Waals surface area contributed by atoms with Gasteiger partial charge in [-0.2, -0.15) is 0 Å². The van der Waals surface area contributed by atoms with Gasteiger partial charge in [-0.05, 0) is 30.9 Å². The van der Waals surface area contributed by atoms with Crippen molar-refractivity contribution in [2.45, 2.75) is 39.2 Å². The van der Waals surface area contributed by atoms with Gasteiger partial charge in [0, 0.05) is 13.0 Å². The highest BCUT2D eigenvalue weighted by molar-refractivity contribution is 5.78. The Kier molecular flexibility index (Phi) is 3.47. The molecular formula is C16H21N3O. The summed E-state index contributed by atoms with van der Waals surface area (Å²) in [5, 5.41) is 0. The van der Waals surface area contributed by atoms with Crippen molar-refractivity contribution in [2.24, 2.45) is 5.92 Å². The van der Waals surface area contributed by atoms with E-state index in [1.165, 1.54) is 0 Å². The number of aromatic amines is 1. The first kappa shape index (κ1) is 13.2. The molecule has 106 valence electrons. The van der Waals surface area contributed by atoms with Crippen molar-refractivity contribution in [3.05, 3.63) is 30.1 Å². The summed E-state index contributed by atoms with van der Waals surface area (Å²) in [6.45, 7) is 5.03. The fourth-order valence-electron chi connectivity index (χ4n) is 2.95. The molecule has 1 aliphatic heterocycles. The van der Waals surface area contributed by atoms with Crippen LogP contribution >= 0.6 is 0 Å². The molecule has 3 rings (SSSR count). The number of nitrogens with one attached hydrogen (secondary N) is 1. The van der Waals surface area contributed by atoms with E-state index in [2.05, 4.69) is 23.8 Å². The molecule has 2 heterocycles. The zero-order valence-electron chi connectivity index (χ0n) is 12.1. The Hall–Kier alpha value is -1.84. The molecule has 1 unspecified atom stereocenters. The number of benzene rings is 1. The van der Waals surface area contributed by atoms with Gasteiger partial charge in [-0.25, -0.2) is 4.98 Å². The minimum absolute atomic E-state index is 0.119. The number of para-hydroxylation sites is 2. The molecule has 0 saturated carbocycles. The fourth-order valence-corrected chi connectivity index (χ4v) is 2.95. The second kappa shape index (κ2) is 5.27. The number of aromatic nitrogens is 2. The van der Waals surface area contributed by atoms with Gasteiger partial charge in [0.1, 0.15) is 5.82 Å². The Labute approximate surface area is 119 Å². The van der Waals surface area contributed by atoms with Crippen LogP contribution in [0, 0.1) is 5.92 Å². The van der Waals surface area contributed by atoms with Crippen molar-refractivity contribution < 1.29 is 4.79 Å². The number of nitrogens with zero attached hydrogens (tertiary/aromatic N) is 2. The van der Waals surface area contributed by atoms with E-state index in [0.717, 1.165) is 36.2 Å². The summed E-state index contributed by atoms with van der Waals surface area (Å²) in [6, 6.07) is 8.14. The number of carbonyl (C=O) groups is 1. The van der Waals surface area contributed by atoms with Crippen LogP contribution < -0.4 is 0 Å². The fraction of sp³-hybridized carbons (Fsp3) is 0.500. The normalized spacial score (nSPS) is 19.1. The average molecular weight is 271 g/mol. The molecule has 1 fully saturated rings. The molecule has 0 radical (unpaired) electrons. The first-order valence-electron chi connectivity index (χ1n) is 7.39. The van der Waals surface area contributed by atoms with E-state index in [0.29, 0.717) is 12.3 Å². The van der Waals surface area contributed by atoms with Crippen molar-refractivity contribution in [3.63, 3.8) is 0 Å². The van der Waals surface area contributed by atoms with Crippen molar-refractivity contribution in [1.82, 2.24) is 14.9 Å². The van der Waals surface area contributed by atoms with Gasteiger partial charge in [0.15, 0.2) is 0 Å². The Morgan fingerprint density at radius 3 is 3.00 bits per heavy atom. The smallest absolute Gasteiger partial charge is 0.223 e. The minimum Gasteiger partial charge on any atom is -0.340 e. The lowest BCUT2D eigenvalue weighted by Crippen LogP contribution is -2.31. The van der Waals surface area contributed by atoms with Crippen LogP contribution in [-0.4, -0.2) is 27.3 Å². The van der Waals surface area contributed by atoms with Gasteiger partial charge >= 0.3 is 0 Å². The summed E-state index contributed by atoms with van der Waals surface area (Å²) in [5.74, 6) is 1.59. The summed E-state index contributed by atoms with van der Waals surface area (Å²) in [4.78, 5) is 22.4. The molecule has 0 bridgehead atoms. The van der Waals surface area contributed by atoms with Gasteiger partial charge in [0.05, 0.1) is 17.1 Å². The summed E-state index contributed by atoms with van der Waals surface area (Å²) >= 11 is 0. The highest BCUT2D eigenvalue weighted by Crippen LogP contribution is 2.32. The van der Waals surface area contributed by atoms with Crippen LogP contribution in [0.4, 0.5) is 0 Å². The molecule has 1 saturated heterocycles. The molecule has 1 aliphatic rings. The predicted molar refractivity (Wildman–Crippen MR) is 79.2 cm³/mol. The predicted octanol–water partition coefficient (Wildman–Crippen LogP) is 3.27. The number of rotatable bonds is 3. The Balaban J connectivity index is 1.86. The molecule has 1 aromatic heterocycles. The Bertz CT molecular complexity index is 584. The van der Waals surface area contributed by atoms with Crippen LogP contribution in [0.5, 0.6) is 0 Å². The second-order valence-corrected chi connectivity index (χ2v) is 5.98. The van der Waals surface area contributed by atoms with Crippen LogP contribution in [0.1, 0.15) is 45.0 Å². The quantitative estimate of drug-likeness (QED) is 0.931.